The Kier molecular flexibility index (Phi) is 5.32. The second kappa shape index (κ2) is 6.83. The number of rotatable bonds is 3. The number of hydrogen-bond donors (Lipinski definition) is 1. The van der Waals surface area contributed by atoms with Crippen molar-refractivity contribution in [2.24, 2.45) is 17.3 Å². The maximum atomic E-state index is 9.17. The van der Waals surface area contributed by atoms with Gasteiger partial charge in [-0.2, -0.15) is 5.26 Å². The average Bonchev–Trinajstić information content (AvgIpc) is 2.45. The normalized spacial score (nSPS) is 22.6. The largest absolute Gasteiger partial charge is 0.384 e. The van der Waals surface area contributed by atoms with Crippen LogP contribution in [-0.4, -0.2) is 6.54 Å². The van der Waals surface area contributed by atoms with E-state index in [-0.39, 0.29) is 0 Å². The summed E-state index contributed by atoms with van der Waals surface area (Å²) in [7, 11) is 0. The van der Waals surface area contributed by atoms with Crippen molar-refractivity contribution in [3.63, 3.8) is 0 Å². The van der Waals surface area contributed by atoms with Crippen LogP contribution in [0.4, 0.5) is 5.69 Å². The van der Waals surface area contributed by atoms with Crippen molar-refractivity contribution in [1.82, 2.24) is 0 Å². The molecule has 0 aliphatic heterocycles. The monoisotopic (exact) mass is 348 g/mol. The Morgan fingerprint density at radius 2 is 1.90 bits per heavy atom. The van der Waals surface area contributed by atoms with Crippen LogP contribution < -0.4 is 5.32 Å². The molecular formula is C18H25BrN2. The summed E-state index contributed by atoms with van der Waals surface area (Å²) >= 11 is 3.47. The molecule has 0 aromatic heterocycles. The van der Waals surface area contributed by atoms with Gasteiger partial charge in [-0.05, 0) is 61.1 Å². The smallest absolute Gasteiger partial charge is 0.101 e. The molecule has 1 N–H and O–H groups in total. The number of hydrogen-bond acceptors (Lipinski definition) is 2. The van der Waals surface area contributed by atoms with Gasteiger partial charge in [0, 0.05) is 11.0 Å². The van der Waals surface area contributed by atoms with Crippen LogP contribution in [0.5, 0.6) is 0 Å². The Morgan fingerprint density at radius 1 is 1.24 bits per heavy atom. The molecule has 1 aromatic carbocycles. The summed E-state index contributed by atoms with van der Waals surface area (Å²) in [6.45, 7) is 8.05. The SMILES string of the molecule is CC(C)(C)C1CCC(CNc2cc(Br)ccc2C#N)CC1. The first-order valence-corrected chi connectivity index (χ1v) is 8.63. The zero-order chi connectivity index (χ0) is 15.5. The lowest BCUT2D eigenvalue weighted by molar-refractivity contribution is 0.153. The highest BCUT2D eigenvalue weighted by atomic mass is 79.9. The summed E-state index contributed by atoms with van der Waals surface area (Å²) in [6.07, 6.45) is 5.26. The molecule has 0 radical (unpaired) electrons. The highest BCUT2D eigenvalue weighted by molar-refractivity contribution is 9.10. The first-order chi connectivity index (χ1) is 9.90. The van der Waals surface area contributed by atoms with Crippen molar-refractivity contribution in [3.8, 4) is 6.07 Å². The molecule has 1 saturated carbocycles. The molecule has 0 bridgehead atoms. The van der Waals surface area contributed by atoms with Crippen molar-refractivity contribution >= 4 is 21.6 Å². The minimum atomic E-state index is 0.441. The van der Waals surface area contributed by atoms with Crippen molar-refractivity contribution in [2.45, 2.75) is 46.5 Å². The summed E-state index contributed by atoms with van der Waals surface area (Å²) < 4.78 is 1.01. The second-order valence-corrected chi connectivity index (χ2v) is 8.18. The molecule has 1 fully saturated rings. The second-order valence-electron chi connectivity index (χ2n) is 7.27. The van der Waals surface area contributed by atoms with E-state index >= 15 is 0 Å². The summed E-state index contributed by atoms with van der Waals surface area (Å²) in [5.74, 6) is 1.59. The molecule has 0 atom stereocenters. The van der Waals surface area contributed by atoms with E-state index in [0.29, 0.717) is 5.41 Å². The molecule has 1 aliphatic carbocycles. The minimum absolute atomic E-state index is 0.441. The fourth-order valence-corrected chi connectivity index (χ4v) is 3.61. The Bertz CT molecular complexity index is 517. The molecular weight excluding hydrogens is 324 g/mol. The molecule has 0 spiro atoms. The Hall–Kier alpha value is -1.01. The predicted molar refractivity (Wildman–Crippen MR) is 92.2 cm³/mol. The van der Waals surface area contributed by atoms with Gasteiger partial charge in [0.1, 0.15) is 6.07 Å². The topological polar surface area (TPSA) is 35.8 Å². The maximum Gasteiger partial charge on any atom is 0.101 e. The summed E-state index contributed by atoms with van der Waals surface area (Å²) in [5, 5.41) is 12.6. The lowest BCUT2D eigenvalue weighted by Gasteiger charge is -2.37. The third-order valence-electron chi connectivity index (χ3n) is 4.75. The van der Waals surface area contributed by atoms with Gasteiger partial charge in [-0.15, -0.1) is 0 Å². The van der Waals surface area contributed by atoms with Crippen molar-refractivity contribution in [2.75, 3.05) is 11.9 Å². The van der Waals surface area contributed by atoms with Gasteiger partial charge in [-0.25, -0.2) is 0 Å². The van der Waals surface area contributed by atoms with Crippen LogP contribution in [0.3, 0.4) is 0 Å². The van der Waals surface area contributed by atoms with Crippen molar-refractivity contribution < 1.29 is 0 Å². The standard InChI is InChI=1S/C18H25BrN2/c1-18(2,3)15-7-4-13(5-8-15)12-21-17-10-16(19)9-6-14(17)11-20/h6,9-10,13,15,21H,4-5,7-8,12H2,1-3H3. The number of nitrogens with zero attached hydrogens (tertiary/aromatic N) is 1. The van der Waals surface area contributed by atoms with E-state index in [9.17, 15) is 0 Å². The van der Waals surface area contributed by atoms with Crippen LogP contribution in [0.15, 0.2) is 22.7 Å². The summed E-state index contributed by atoms with van der Waals surface area (Å²) in [4.78, 5) is 0. The van der Waals surface area contributed by atoms with E-state index in [1.165, 1.54) is 25.7 Å². The van der Waals surface area contributed by atoms with Crippen LogP contribution in [-0.2, 0) is 0 Å². The summed E-state index contributed by atoms with van der Waals surface area (Å²) in [5.41, 5.74) is 2.11. The number of nitriles is 1. The van der Waals surface area contributed by atoms with E-state index in [0.717, 1.165) is 34.1 Å². The molecule has 0 unspecified atom stereocenters. The molecule has 2 nitrogen and oxygen atoms in total. The first kappa shape index (κ1) is 16.4. The van der Waals surface area contributed by atoms with Crippen molar-refractivity contribution in [1.29, 1.82) is 5.26 Å². The quantitative estimate of drug-likeness (QED) is 0.773. The average molecular weight is 349 g/mol. The Morgan fingerprint density at radius 3 is 2.48 bits per heavy atom. The van der Waals surface area contributed by atoms with E-state index in [1.807, 2.05) is 18.2 Å². The predicted octanol–water partition coefficient (Wildman–Crippen LogP) is 5.59. The Labute approximate surface area is 137 Å². The lowest BCUT2D eigenvalue weighted by atomic mass is 9.70. The maximum absolute atomic E-state index is 9.17. The van der Waals surface area contributed by atoms with Crippen LogP contribution in [0.25, 0.3) is 0 Å². The van der Waals surface area contributed by atoms with Gasteiger partial charge >= 0.3 is 0 Å². The molecule has 0 heterocycles. The minimum Gasteiger partial charge on any atom is -0.384 e. The van der Waals surface area contributed by atoms with Crippen LogP contribution in [0, 0.1) is 28.6 Å². The number of nitrogens with one attached hydrogen (secondary N) is 1. The fraction of sp³-hybridized carbons (Fsp3) is 0.611. The molecule has 0 saturated heterocycles. The van der Waals surface area contributed by atoms with Gasteiger partial charge in [0.25, 0.3) is 0 Å². The molecule has 1 aromatic rings. The van der Waals surface area contributed by atoms with E-state index in [2.05, 4.69) is 48.1 Å². The highest BCUT2D eigenvalue weighted by Gasteiger charge is 2.29. The van der Waals surface area contributed by atoms with Gasteiger partial charge < -0.3 is 5.32 Å². The van der Waals surface area contributed by atoms with Gasteiger partial charge in [0.05, 0.1) is 11.3 Å². The van der Waals surface area contributed by atoms with Gasteiger partial charge in [-0.1, -0.05) is 36.7 Å². The molecule has 21 heavy (non-hydrogen) atoms. The highest BCUT2D eigenvalue weighted by Crippen LogP contribution is 2.39. The molecule has 2 rings (SSSR count). The fourth-order valence-electron chi connectivity index (χ4n) is 3.25. The molecule has 1 aliphatic rings. The third kappa shape index (κ3) is 4.48. The summed E-state index contributed by atoms with van der Waals surface area (Å²) in [6, 6.07) is 8.03. The molecule has 3 heteroatoms. The number of halogens is 1. The lowest BCUT2D eigenvalue weighted by Crippen LogP contribution is -2.28. The number of anilines is 1. The van der Waals surface area contributed by atoms with E-state index in [4.69, 9.17) is 5.26 Å². The zero-order valence-corrected chi connectivity index (χ0v) is 14.8. The van der Waals surface area contributed by atoms with Gasteiger partial charge in [-0.3, -0.25) is 0 Å². The van der Waals surface area contributed by atoms with Gasteiger partial charge in [0.15, 0.2) is 0 Å². The van der Waals surface area contributed by atoms with Crippen molar-refractivity contribution in [3.05, 3.63) is 28.2 Å². The number of benzene rings is 1. The Balaban J connectivity index is 1.88. The van der Waals surface area contributed by atoms with Crippen LogP contribution in [0.2, 0.25) is 0 Å². The molecule has 0 amide bonds. The first-order valence-electron chi connectivity index (χ1n) is 7.83. The van der Waals surface area contributed by atoms with E-state index < -0.39 is 0 Å². The van der Waals surface area contributed by atoms with E-state index in [1.54, 1.807) is 0 Å². The van der Waals surface area contributed by atoms with Crippen LogP contribution >= 0.6 is 15.9 Å². The molecule has 114 valence electrons. The zero-order valence-electron chi connectivity index (χ0n) is 13.2. The third-order valence-corrected chi connectivity index (χ3v) is 5.25. The van der Waals surface area contributed by atoms with Gasteiger partial charge in [0.2, 0.25) is 0 Å². The van der Waals surface area contributed by atoms with Crippen LogP contribution in [0.1, 0.15) is 52.0 Å².